The van der Waals surface area contributed by atoms with Crippen LogP contribution in [0.15, 0.2) is 18.2 Å². The van der Waals surface area contributed by atoms with Crippen LogP contribution in [0.2, 0.25) is 5.02 Å². The van der Waals surface area contributed by atoms with Gasteiger partial charge in [0.15, 0.2) is 6.07 Å². The zero-order chi connectivity index (χ0) is 11.1. The molecule has 1 aromatic carbocycles. The molecule has 0 saturated heterocycles. The van der Waals surface area contributed by atoms with Crippen molar-refractivity contribution in [2.24, 2.45) is 0 Å². The Bertz CT molecular complexity index is 303. The van der Waals surface area contributed by atoms with Gasteiger partial charge in [-0.15, -0.1) is 0 Å². The van der Waals surface area contributed by atoms with Gasteiger partial charge in [-0.3, -0.25) is 0 Å². The molecule has 2 nitrogen and oxygen atoms in total. The van der Waals surface area contributed by atoms with Crippen molar-refractivity contribution in [2.75, 3.05) is 12.7 Å². The highest BCUT2D eigenvalue weighted by atomic mass is 35.5. The molecule has 0 amide bonds. The van der Waals surface area contributed by atoms with Gasteiger partial charge in [-0.2, -0.15) is 0 Å². The van der Waals surface area contributed by atoms with Gasteiger partial charge >= 0.3 is 0 Å². The maximum absolute atomic E-state index is 5.98. The SMILES string of the molecule is CCCOCc1cccc(Cl)c1OCCl. The Morgan fingerprint density at radius 1 is 1.33 bits per heavy atom. The zero-order valence-corrected chi connectivity index (χ0v) is 10.1. The lowest BCUT2D eigenvalue weighted by molar-refractivity contribution is 0.119. The molecular weight excluding hydrogens is 235 g/mol. The molecule has 1 rings (SSSR count). The molecule has 0 aromatic heterocycles. The van der Waals surface area contributed by atoms with Crippen molar-refractivity contribution in [1.29, 1.82) is 0 Å². The molecule has 4 heteroatoms. The van der Waals surface area contributed by atoms with Gasteiger partial charge in [0, 0.05) is 12.2 Å². The number of halogens is 2. The summed E-state index contributed by atoms with van der Waals surface area (Å²) in [4.78, 5) is 0. The van der Waals surface area contributed by atoms with E-state index in [0.29, 0.717) is 17.4 Å². The fraction of sp³-hybridized carbons (Fsp3) is 0.455. The monoisotopic (exact) mass is 248 g/mol. The fourth-order valence-electron chi connectivity index (χ4n) is 1.21. The molecule has 0 unspecified atom stereocenters. The molecule has 0 aliphatic carbocycles. The van der Waals surface area contributed by atoms with Gasteiger partial charge in [0.2, 0.25) is 0 Å². The van der Waals surface area contributed by atoms with E-state index in [4.69, 9.17) is 32.7 Å². The first-order valence-electron chi connectivity index (χ1n) is 4.83. The van der Waals surface area contributed by atoms with Crippen LogP contribution in [0.4, 0.5) is 0 Å². The van der Waals surface area contributed by atoms with E-state index < -0.39 is 0 Å². The van der Waals surface area contributed by atoms with Crippen LogP contribution < -0.4 is 4.74 Å². The van der Waals surface area contributed by atoms with E-state index in [0.717, 1.165) is 18.6 Å². The number of benzene rings is 1. The van der Waals surface area contributed by atoms with Crippen molar-refractivity contribution in [3.63, 3.8) is 0 Å². The largest absolute Gasteiger partial charge is 0.476 e. The second kappa shape index (κ2) is 6.94. The van der Waals surface area contributed by atoms with Gasteiger partial charge in [0.05, 0.1) is 11.6 Å². The minimum atomic E-state index is 0.0878. The van der Waals surface area contributed by atoms with Crippen LogP contribution in [0.3, 0.4) is 0 Å². The van der Waals surface area contributed by atoms with Gasteiger partial charge in [-0.05, 0) is 12.5 Å². The molecule has 0 radical (unpaired) electrons. The van der Waals surface area contributed by atoms with Gasteiger partial charge < -0.3 is 9.47 Å². The molecule has 0 heterocycles. The van der Waals surface area contributed by atoms with Crippen molar-refractivity contribution < 1.29 is 9.47 Å². The van der Waals surface area contributed by atoms with Gasteiger partial charge in [0.1, 0.15) is 5.75 Å². The van der Waals surface area contributed by atoms with E-state index in [2.05, 4.69) is 6.92 Å². The average Bonchev–Trinajstić information content (AvgIpc) is 2.23. The van der Waals surface area contributed by atoms with Crippen LogP contribution in [0.1, 0.15) is 18.9 Å². The molecule has 0 aliphatic rings. The molecule has 0 spiro atoms. The van der Waals surface area contributed by atoms with Crippen LogP contribution in [-0.4, -0.2) is 12.7 Å². The van der Waals surface area contributed by atoms with Crippen molar-refractivity contribution >= 4 is 23.2 Å². The van der Waals surface area contributed by atoms with E-state index in [1.165, 1.54) is 0 Å². The van der Waals surface area contributed by atoms with E-state index >= 15 is 0 Å². The first-order valence-corrected chi connectivity index (χ1v) is 5.74. The molecule has 1 aromatic rings. The maximum Gasteiger partial charge on any atom is 0.162 e. The Morgan fingerprint density at radius 3 is 2.80 bits per heavy atom. The van der Waals surface area contributed by atoms with Gasteiger partial charge in [-0.1, -0.05) is 42.3 Å². The molecule has 0 aliphatic heterocycles. The lowest BCUT2D eigenvalue weighted by Crippen LogP contribution is -1.99. The highest BCUT2D eigenvalue weighted by molar-refractivity contribution is 6.32. The lowest BCUT2D eigenvalue weighted by atomic mass is 10.2. The summed E-state index contributed by atoms with van der Waals surface area (Å²) in [5, 5.41) is 0.563. The minimum Gasteiger partial charge on any atom is -0.476 e. The Hall–Kier alpha value is -0.440. The Labute approximate surface area is 100 Å². The minimum absolute atomic E-state index is 0.0878. The Balaban J connectivity index is 2.71. The number of para-hydroxylation sites is 1. The van der Waals surface area contributed by atoms with Crippen molar-refractivity contribution in [2.45, 2.75) is 20.0 Å². The summed E-state index contributed by atoms with van der Waals surface area (Å²) in [6, 6.07) is 5.65. The average molecular weight is 249 g/mol. The molecule has 15 heavy (non-hydrogen) atoms. The van der Waals surface area contributed by atoms with Crippen molar-refractivity contribution in [1.82, 2.24) is 0 Å². The number of rotatable bonds is 6. The van der Waals surface area contributed by atoms with Crippen LogP contribution in [-0.2, 0) is 11.3 Å². The normalized spacial score (nSPS) is 10.3. The fourth-order valence-corrected chi connectivity index (χ4v) is 1.57. The quantitative estimate of drug-likeness (QED) is 0.563. The number of hydrogen-bond acceptors (Lipinski definition) is 2. The summed E-state index contributed by atoms with van der Waals surface area (Å²) in [6.07, 6.45) is 0.992. The van der Waals surface area contributed by atoms with E-state index in [9.17, 15) is 0 Å². The van der Waals surface area contributed by atoms with Crippen molar-refractivity contribution in [3.8, 4) is 5.75 Å². The lowest BCUT2D eigenvalue weighted by Gasteiger charge is -2.11. The predicted molar refractivity (Wildman–Crippen MR) is 62.7 cm³/mol. The first kappa shape index (κ1) is 12.6. The number of alkyl halides is 1. The van der Waals surface area contributed by atoms with Crippen molar-refractivity contribution in [3.05, 3.63) is 28.8 Å². The summed E-state index contributed by atoms with van der Waals surface area (Å²) in [7, 11) is 0. The standard InChI is InChI=1S/C11H14Cl2O2/c1-2-6-14-7-9-4-3-5-10(13)11(9)15-8-12/h3-5H,2,6-8H2,1H3. The third-order valence-electron chi connectivity index (χ3n) is 1.85. The summed E-state index contributed by atoms with van der Waals surface area (Å²) in [6.45, 7) is 3.29. The second-order valence-corrected chi connectivity index (χ2v) is 3.66. The van der Waals surface area contributed by atoms with E-state index in [-0.39, 0.29) is 6.07 Å². The van der Waals surface area contributed by atoms with E-state index in [1.54, 1.807) is 6.07 Å². The smallest absolute Gasteiger partial charge is 0.162 e. The Morgan fingerprint density at radius 2 is 2.13 bits per heavy atom. The first-order chi connectivity index (χ1) is 7.29. The molecule has 0 saturated carbocycles. The summed E-state index contributed by atoms with van der Waals surface area (Å²) in [5.41, 5.74) is 0.927. The third kappa shape index (κ3) is 3.90. The summed E-state index contributed by atoms with van der Waals surface area (Å²) < 4.78 is 10.7. The number of hydrogen-bond donors (Lipinski definition) is 0. The van der Waals surface area contributed by atoms with Crippen LogP contribution in [0.25, 0.3) is 0 Å². The highest BCUT2D eigenvalue weighted by Gasteiger charge is 2.07. The summed E-state index contributed by atoms with van der Waals surface area (Å²) >= 11 is 11.5. The summed E-state index contributed by atoms with van der Waals surface area (Å²) in [5.74, 6) is 0.616. The topological polar surface area (TPSA) is 18.5 Å². The molecule has 0 bridgehead atoms. The highest BCUT2D eigenvalue weighted by Crippen LogP contribution is 2.29. The molecule has 0 fully saturated rings. The third-order valence-corrected chi connectivity index (χ3v) is 2.26. The maximum atomic E-state index is 5.98. The van der Waals surface area contributed by atoms with Crippen LogP contribution in [0, 0.1) is 0 Å². The van der Waals surface area contributed by atoms with Gasteiger partial charge in [-0.25, -0.2) is 0 Å². The van der Waals surface area contributed by atoms with Crippen LogP contribution >= 0.6 is 23.2 Å². The van der Waals surface area contributed by atoms with Crippen LogP contribution in [0.5, 0.6) is 5.75 Å². The molecule has 0 atom stereocenters. The Kier molecular flexibility index (Phi) is 5.84. The second-order valence-electron chi connectivity index (χ2n) is 3.03. The predicted octanol–water partition coefficient (Wildman–Crippen LogP) is 3.84. The van der Waals surface area contributed by atoms with Gasteiger partial charge in [0.25, 0.3) is 0 Å². The molecule has 0 N–H and O–H groups in total. The number of ether oxygens (including phenoxy) is 2. The molecular formula is C11H14Cl2O2. The molecule has 84 valence electrons. The van der Waals surface area contributed by atoms with E-state index in [1.807, 2.05) is 12.1 Å². The zero-order valence-electron chi connectivity index (χ0n) is 8.63.